The molecule has 0 aliphatic heterocycles. The molecule has 0 saturated heterocycles. The number of aromatic nitrogens is 1. The molecule has 3 rings (SSSR count). The lowest BCUT2D eigenvalue weighted by Crippen LogP contribution is -2.49. The van der Waals surface area contributed by atoms with E-state index < -0.39 is 35.1 Å². The average molecular weight is 512 g/mol. The first-order valence-corrected chi connectivity index (χ1v) is 12.1. The first-order chi connectivity index (χ1) is 16.9. The molecule has 0 unspecified atom stereocenters. The molecule has 0 radical (unpaired) electrons. The molecular formula is C26H30FN5O3S. The van der Waals surface area contributed by atoms with Crippen LogP contribution in [0.1, 0.15) is 63.7 Å². The number of nitrogen functional groups attached to an aromatic ring is 1. The van der Waals surface area contributed by atoms with Crippen molar-refractivity contribution in [1.29, 1.82) is 0 Å². The lowest BCUT2D eigenvalue weighted by atomic mass is 9.99. The largest absolute Gasteiger partial charge is 0.395 e. The zero-order valence-electron chi connectivity index (χ0n) is 20.7. The molecule has 8 nitrogen and oxygen atoms in total. The summed E-state index contributed by atoms with van der Waals surface area (Å²) in [5.41, 5.74) is 12.9. The van der Waals surface area contributed by atoms with Crippen LogP contribution in [-0.4, -0.2) is 39.1 Å². The molecule has 0 saturated carbocycles. The van der Waals surface area contributed by atoms with Gasteiger partial charge in [0, 0.05) is 12.1 Å². The molecule has 190 valence electrons. The molecule has 36 heavy (non-hydrogen) atoms. The van der Waals surface area contributed by atoms with Gasteiger partial charge in [-0.05, 0) is 74.5 Å². The van der Waals surface area contributed by atoms with Crippen LogP contribution in [0.25, 0.3) is 0 Å². The van der Waals surface area contributed by atoms with Crippen LogP contribution in [0.4, 0.5) is 10.1 Å². The lowest BCUT2D eigenvalue weighted by Gasteiger charge is -2.33. The number of nitrogens with zero attached hydrogens (tertiary/aromatic N) is 2. The molecule has 0 aliphatic rings. The SMILES string of the molecule is Cc1ccccc1CCN(C(=O)c1snc(C(N)=O)c1N)[C@H](C(=O)NC(C)(C)C)c1ccc(F)cc1. The van der Waals surface area contributed by atoms with E-state index in [0.717, 1.165) is 22.7 Å². The van der Waals surface area contributed by atoms with E-state index in [1.807, 2.05) is 52.0 Å². The van der Waals surface area contributed by atoms with Crippen LogP contribution in [0, 0.1) is 12.7 Å². The minimum Gasteiger partial charge on any atom is -0.395 e. The van der Waals surface area contributed by atoms with Gasteiger partial charge in [-0.2, -0.15) is 4.37 Å². The Kier molecular flexibility index (Phi) is 8.09. The topological polar surface area (TPSA) is 131 Å². The summed E-state index contributed by atoms with van der Waals surface area (Å²) in [7, 11) is 0. The van der Waals surface area contributed by atoms with Gasteiger partial charge in [-0.3, -0.25) is 14.4 Å². The summed E-state index contributed by atoms with van der Waals surface area (Å²) < 4.78 is 17.7. The van der Waals surface area contributed by atoms with E-state index in [1.165, 1.54) is 29.2 Å². The third kappa shape index (κ3) is 6.25. The molecule has 3 amide bonds. The number of hydrogen-bond donors (Lipinski definition) is 3. The second kappa shape index (κ2) is 10.9. The monoisotopic (exact) mass is 511 g/mol. The standard InChI is InChI=1S/C26H30FN5O3S/c1-15-7-5-6-8-16(15)13-14-32(25(35)22-19(28)20(23(29)33)31-36-22)21(24(34)30-26(2,3)4)17-9-11-18(27)12-10-17/h5-12,21H,13-14,28H2,1-4H3,(H2,29,33)(H,30,34)/t21-/m0/s1. The van der Waals surface area contributed by atoms with Crippen molar-refractivity contribution in [3.8, 4) is 0 Å². The number of rotatable bonds is 8. The quantitative estimate of drug-likeness (QED) is 0.425. The highest BCUT2D eigenvalue weighted by Crippen LogP contribution is 2.30. The third-order valence-corrected chi connectivity index (χ3v) is 6.39. The molecule has 0 bridgehead atoms. The van der Waals surface area contributed by atoms with E-state index in [1.54, 1.807) is 0 Å². The Balaban J connectivity index is 2.11. The highest BCUT2D eigenvalue weighted by atomic mass is 32.1. The zero-order valence-corrected chi connectivity index (χ0v) is 21.5. The van der Waals surface area contributed by atoms with Gasteiger partial charge >= 0.3 is 0 Å². The minimum absolute atomic E-state index is 0.00394. The predicted octanol–water partition coefficient (Wildman–Crippen LogP) is 3.61. The Morgan fingerprint density at radius 3 is 2.31 bits per heavy atom. The van der Waals surface area contributed by atoms with Crippen LogP contribution < -0.4 is 16.8 Å². The number of halogens is 1. The van der Waals surface area contributed by atoms with Gasteiger partial charge in [-0.1, -0.05) is 36.4 Å². The summed E-state index contributed by atoms with van der Waals surface area (Å²) in [6.45, 7) is 7.59. The highest BCUT2D eigenvalue weighted by Gasteiger charge is 2.36. The van der Waals surface area contributed by atoms with Gasteiger partial charge in [-0.15, -0.1) is 0 Å². The van der Waals surface area contributed by atoms with E-state index in [4.69, 9.17) is 11.5 Å². The van der Waals surface area contributed by atoms with Crippen LogP contribution >= 0.6 is 11.5 Å². The summed E-state index contributed by atoms with van der Waals surface area (Å²) in [5.74, 6) is -2.34. The van der Waals surface area contributed by atoms with Crippen LogP contribution in [0.5, 0.6) is 0 Å². The fourth-order valence-corrected chi connectivity index (χ4v) is 4.56. The number of aryl methyl sites for hydroxylation is 1. The third-order valence-electron chi connectivity index (χ3n) is 5.54. The number of nitrogens with one attached hydrogen (secondary N) is 1. The number of nitrogens with two attached hydrogens (primary N) is 2. The molecule has 1 heterocycles. The van der Waals surface area contributed by atoms with Crippen molar-refractivity contribution in [2.45, 2.75) is 45.7 Å². The number of primary amides is 1. The molecule has 3 aromatic rings. The fourth-order valence-electron chi connectivity index (χ4n) is 3.79. The Labute approximate surface area is 213 Å². The van der Waals surface area contributed by atoms with Crippen molar-refractivity contribution in [2.75, 3.05) is 12.3 Å². The van der Waals surface area contributed by atoms with Crippen molar-refractivity contribution in [2.24, 2.45) is 5.73 Å². The molecule has 5 N–H and O–H groups in total. The molecule has 2 aromatic carbocycles. The zero-order chi connectivity index (χ0) is 26.6. The van der Waals surface area contributed by atoms with Gasteiger partial charge < -0.3 is 21.7 Å². The highest BCUT2D eigenvalue weighted by molar-refractivity contribution is 7.09. The van der Waals surface area contributed by atoms with Crippen molar-refractivity contribution < 1.29 is 18.8 Å². The van der Waals surface area contributed by atoms with Crippen LogP contribution in [-0.2, 0) is 11.2 Å². The molecule has 0 aliphatic carbocycles. The van der Waals surface area contributed by atoms with Crippen molar-refractivity contribution in [3.63, 3.8) is 0 Å². The molecule has 0 spiro atoms. The summed E-state index contributed by atoms with van der Waals surface area (Å²) in [4.78, 5) is 40.5. The van der Waals surface area contributed by atoms with Gasteiger partial charge in [0.1, 0.15) is 16.7 Å². The van der Waals surface area contributed by atoms with Gasteiger partial charge in [0.2, 0.25) is 5.91 Å². The maximum absolute atomic E-state index is 13.9. The fraction of sp³-hybridized carbons (Fsp3) is 0.308. The second-order valence-corrected chi connectivity index (χ2v) is 10.3. The summed E-state index contributed by atoms with van der Waals surface area (Å²) in [5, 5.41) is 2.92. The Hall–Kier alpha value is -3.79. The van der Waals surface area contributed by atoms with Crippen molar-refractivity contribution >= 4 is 34.9 Å². The van der Waals surface area contributed by atoms with Gasteiger partial charge in [0.25, 0.3) is 11.8 Å². The van der Waals surface area contributed by atoms with E-state index in [2.05, 4.69) is 9.69 Å². The minimum atomic E-state index is -1.10. The van der Waals surface area contributed by atoms with Crippen LogP contribution in [0.2, 0.25) is 0 Å². The Morgan fingerprint density at radius 1 is 1.11 bits per heavy atom. The number of anilines is 1. The smallest absolute Gasteiger partial charge is 0.270 e. The predicted molar refractivity (Wildman–Crippen MR) is 138 cm³/mol. The summed E-state index contributed by atoms with van der Waals surface area (Å²) >= 11 is 0.747. The first-order valence-electron chi connectivity index (χ1n) is 11.4. The van der Waals surface area contributed by atoms with E-state index in [9.17, 15) is 18.8 Å². The van der Waals surface area contributed by atoms with E-state index >= 15 is 0 Å². The summed E-state index contributed by atoms with van der Waals surface area (Å²) in [6, 6.07) is 12.1. The van der Waals surface area contributed by atoms with Crippen molar-refractivity contribution in [1.82, 2.24) is 14.6 Å². The number of benzene rings is 2. The number of carbonyl (C=O) groups is 3. The van der Waals surface area contributed by atoms with Gasteiger partial charge in [0.05, 0.1) is 5.69 Å². The molecule has 10 heteroatoms. The maximum Gasteiger partial charge on any atom is 0.270 e. The van der Waals surface area contributed by atoms with E-state index in [-0.39, 0.29) is 22.8 Å². The van der Waals surface area contributed by atoms with Gasteiger partial charge in [-0.25, -0.2) is 4.39 Å². The van der Waals surface area contributed by atoms with Crippen molar-refractivity contribution in [3.05, 3.63) is 81.6 Å². The molecule has 0 fully saturated rings. The van der Waals surface area contributed by atoms with Gasteiger partial charge in [0.15, 0.2) is 5.69 Å². The number of hydrogen-bond acceptors (Lipinski definition) is 6. The Bertz CT molecular complexity index is 1270. The molecule has 1 atom stereocenters. The molecule has 1 aromatic heterocycles. The normalized spacial score (nSPS) is 12.1. The lowest BCUT2D eigenvalue weighted by molar-refractivity contribution is -0.127. The maximum atomic E-state index is 13.9. The summed E-state index contributed by atoms with van der Waals surface area (Å²) in [6.07, 6.45) is 0.445. The second-order valence-electron chi connectivity index (χ2n) is 9.51. The molecular weight excluding hydrogens is 481 g/mol. The number of carbonyl (C=O) groups excluding carboxylic acids is 3. The van der Waals surface area contributed by atoms with Crippen LogP contribution in [0.3, 0.4) is 0 Å². The first kappa shape index (κ1) is 26.8. The number of amides is 3. The average Bonchev–Trinajstić information content (AvgIpc) is 3.18. The Morgan fingerprint density at radius 2 is 1.75 bits per heavy atom. The van der Waals surface area contributed by atoms with E-state index in [0.29, 0.717) is 12.0 Å². The van der Waals surface area contributed by atoms with Crippen LogP contribution in [0.15, 0.2) is 48.5 Å².